The molecule has 4 nitrogen and oxygen atoms in total. The van der Waals surface area contributed by atoms with E-state index in [4.69, 9.17) is 0 Å². The van der Waals surface area contributed by atoms with Gasteiger partial charge in [0.1, 0.15) is 0 Å². The molecule has 1 aliphatic rings. The van der Waals surface area contributed by atoms with E-state index in [0.717, 1.165) is 25.7 Å². The van der Waals surface area contributed by atoms with Crippen molar-refractivity contribution in [2.24, 2.45) is 0 Å². The van der Waals surface area contributed by atoms with Gasteiger partial charge in [0.05, 0.1) is 4.90 Å². The van der Waals surface area contributed by atoms with Crippen LogP contribution in [0.5, 0.6) is 0 Å². The molecule has 20 heavy (non-hydrogen) atoms. The number of hydrogen-bond donors (Lipinski definition) is 1. The largest absolute Gasteiger partial charge is 0.316 e. The number of hydrogen-bond acceptors (Lipinski definition) is 3. The zero-order chi connectivity index (χ0) is 14.6. The first-order chi connectivity index (χ1) is 9.57. The molecule has 1 unspecified atom stereocenters. The zero-order valence-corrected chi connectivity index (χ0v) is 13.1. The normalized spacial score (nSPS) is 21.0. The van der Waals surface area contributed by atoms with Crippen LogP contribution in [-0.2, 0) is 16.4 Å². The number of aryl methyl sites for hydroxylation is 1. The quantitative estimate of drug-likeness (QED) is 0.904. The van der Waals surface area contributed by atoms with E-state index in [1.54, 1.807) is 16.4 Å². The smallest absolute Gasteiger partial charge is 0.243 e. The lowest BCUT2D eigenvalue weighted by Gasteiger charge is -2.31. The second kappa shape index (κ2) is 6.70. The monoisotopic (exact) mass is 296 g/mol. The molecule has 0 aliphatic carbocycles. The molecule has 1 saturated heterocycles. The van der Waals surface area contributed by atoms with Crippen molar-refractivity contribution < 1.29 is 8.42 Å². The zero-order valence-electron chi connectivity index (χ0n) is 12.3. The molecule has 0 radical (unpaired) electrons. The van der Waals surface area contributed by atoms with Crippen LogP contribution >= 0.6 is 0 Å². The summed E-state index contributed by atoms with van der Waals surface area (Å²) < 4.78 is 26.8. The lowest BCUT2D eigenvalue weighted by molar-refractivity contribution is 0.293. The molecule has 1 aliphatic heterocycles. The molecule has 5 heteroatoms. The van der Waals surface area contributed by atoms with E-state index in [1.807, 2.05) is 19.2 Å². The predicted octanol–water partition coefficient (Wildman–Crippen LogP) is 2.01. The van der Waals surface area contributed by atoms with Gasteiger partial charge in [-0.25, -0.2) is 8.42 Å². The fourth-order valence-electron chi connectivity index (χ4n) is 2.66. The molecule has 1 fully saturated rings. The summed E-state index contributed by atoms with van der Waals surface area (Å²) in [6.07, 6.45) is 4.02. The number of likely N-dealkylation sites (N-methyl/N-ethyl adjacent to an activating group) is 1. The van der Waals surface area contributed by atoms with Gasteiger partial charge in [0.25, 0.3) is 0 Å². The minimum Gasteiger partial charge on any atom is -0.316 e. The van der Waals surface area contributed by atoms with Crippen LogP contribution in [0.25, 0.3) is 0 Å². The van der Waals surface area contributed by atoms with Crippen LogP contribution in [0, 0.1) is 0 Å². The molecule has 2 rings (SSSR count). The predicted molar refractivity (Wildman–Crippen MR) is 81.3 cm³/mol. The van der Waals surface area contributed by atoms with Crippen molar-refractivity contribution in [2.45, 2.75) is 43.5 Å². The van der Waals surface area contributed by atoms with E-state index in [-0.39, 0.29) is 6.04 Å². The summed E-state index contributed by atoms with van der Waals surface area (Å²) in [5, 5.41) is 3.18. The Hall–Kier alpha value is -0.910. The van der Waals surface area contributed by atoms with E-state index in [2.05, 4.69) is 12.2 Å². The fraction of sp³-hybridized carbons (Fsp3) is 0.600. The highest BCUT2D eigenvalue weighted by atomic mass is 32.2. The molecular formula is C15H24N2O2S. The Labute approximate surface area is 122 Å². The Balaban J connectivity index is 2.16. The molecule has 0 bridgehead atoms. The molecule has 1 aromatic carbocycles. The number of nitrogens with zero attached hydrogens (tertiary/aromatic N) is 1. The Bertz CT molecular complexity index is 525. The minimum absolute atomic E-state index is 0.262. The van der Waals surface area contributed by atoms with Gasteiger partial charge >= 0.3 is 0 Å². The van der Waals surface area contributed by atoms with Crippen molar-refractivity contribution in [1.29, 1.82) is 0 Å². The molecule has 1 aromatic rings. The van der Waals surface area contributed by atoms with Crippen molar-refractivity contribution in [3.8, 4) is 0 Å². The third-order valence-electron chi connectivity index (χ3n) is 3.89. The van der Waals surface area contributed by atoms with E-state index in [1.165, 1.54) is 5.56 Å². The Kier molecular flexibility index (Phi) is 5.18. The third-order valence-corrected chi connectivity index (χ3v) is 5.77. The molecule has 1 atom stereocenters. The molecule has 1 heterocycles. The number of sulfonamides is 1. The van der Waals surface area contributed by atoms with Crippen molar-refractivity contribution in [3.05, 3.63) is 29.8 Å². The lowest BCUT2D eigenvalue weighted by Crippen LogP contribution is -2.46. The fourth-order valence-corrected chi connectivity index (χ4v) is 4.19. The number of piperidine rings is 1. The van der Waals surface area contributed by atoms with Crippen LogP contribution in [0.15, 0.2) is 29.2 Å². The summed E-state index contributed by atoms with van der Waals surface area (Å²) in [7, 11) is -1.45. The van der Waals surface area contributed by atoms with Gasteiger partial charge in [0.15, 0.2) is 0 Å². The van der Waals surface area contributed by atoms with Crippen LogP contribution in [0.4, 0.5) is 0 Å². The maximum Gasteiger partial charge on any atom is 0.243 e. The molecule has 112 valence electrons. The van der Waals surface area contributed by atoms with E-state index in [9.17, 15) is 8.42 Å². The van der Waals surface area contributed by atoms with Gasteiger partial charge in [-0.15, -0.1) is 0 Å². The van der Waals surface area contributed by atoms with Gasteiger partial charge in [-0.1, -0.05) is 25.5 Å². The molecule has 0 saturated carbocycles. The third kappa shape index (κ3) is 3.40. The summed E-state index contributed by atoms with van der Waals surface area (Å²) in [5.41, 5.74) is 1.19. The average Bonchev–Trinajstić information content (AvgIpc) is 2.48. The van der Waals surface area contributed by atoms with E-state index >= 15 is 0 Å². The molecular weight excluding hydrogens is 272 g/mol. The van der Waals surface area contributed by atoms with Crippen LogP contribution in [-0.4, -0.2) is 38.9 Å². The number of nitrogens with one attached hydrogen (secondary N) is 1. The molecule has 0 spiro atoms. The van der Waals surface area contributed by atoms with Gasteiger partial charge in [-0.2, -0.15) is 4.31 Å². The summed E-state index contributed by atoms with van der Waals surface area (Å²) in [5.74, 6) is 0. The van der Waals surface area contributed by atoms with Crippen molar-refractivity contribution >= 4 is 10.0 Å². The van der Waals surface area contributed by atoms with Gasteiger partial charge < -0.3 is 5.32 Å². The number of rotatable bonds is 5. The highest BCUT2D eigenvalue weighted by Crippen LogP contribution is 2.21. The lowest BCUT2D eigenvalue weighted by atomic mass is 10.1. The van der Waals surface area contributed by atoms with Crippen LogP contribution in [0.3, 0.4) is 0 Å². The second-order valence-corrected chi connectivity index (χ2v) is 7.32. The summed E-state index contributed by atoms with van der Waals surface area (Å²) >= 11 is 0. The Morgan fingerprint density at radius 2 is 2.00 bits per heavy atom. The highest BCUT2D eigenvalue weighted by Gasteiger charge is 2.29. The van der Waals surface area contributed by atoms with Gasteiger partial charge in [-0.3, -0.25) is 0 Å². The first kappa shape index (κ1) is 15.5. The van der Waals surface area contributed by atoms with Gasteiger partial charge in [0.2, 0.25) is 10.0 Å². The summed E-state index contributed by atoms with van der Waals surface area (Å²) in [4.78, 5) is 0.411. The van der Waals surface area contributed by atoms with Crippen LogP contribution < -0.4 is 5.32 Å². The van der Waals surface area contributed by atoms with Crippen molar-refractivity contribution in [2.75, 3.05) is 20.1 Å². The first-order valence-corrected chi connectivity index (χ1v) is 8.78. The maximum atomic E-state index is 12.6. The van der Waals surface area contributed by atoms with Crippen molar-refractivity contribution in [1.82, 2.24) is 9.62 Å². The van der Waals surface area contributed by atoms with Crippen LogP contribution in [0.2, 0.25) is 0 Å². The topological polar surface area (TPSA) is 49.4 Å². The standard InChI is InChI=1S/C15H24N2O2S/c1-3-5-13-7-9-15(10-8-13)20(18,19)17-11-4-6-14(12-17)16-2/h7-10,14,16H,3-6,11-12H2,1-2H3. The minimum atomic E-state index is -3.34. The molecule has 0 aromatic heterocycles. The SMILES string of the molecule is CCCc1ccc(S(=O)(=O)N2CCCC(NC)C2)cc1. The average molecular weight is 296 g/mol. The Morgan fingerprint density at radius 1 is 1.30 bits per heavy atom. The second-order valence-electron chi connectivity index (χ2n) is 5.38. The first-order valence-electron chi connectivity index (χ1n) is 7.34. The summed E-state index contributed by atoms with van der Waals surface area (Å²) in [6.45, 7) is 3.31. The van der Waals surface area contributed by atoms with Gasteiger partial charge in [0, 0.05) is 19.1 Å². The molecule has 0 amide bonds. The Morgan fingerprint density at radius 3 is 2.60 bits per heavy atom. The molecule has 1 N–H and O–H groups in total. The highest BCUT2D eigenvalue weighted by molar-refractivity contribution is 7.89. The summed E-state index contributed by atoms with van der Waals surface area (Å²) in [6, 6.07) is 7.59. The maximum absolute atomic E-state index is 12.6. The van der Waals surface area contributed by atoms with Gasteiger partial charge in [-0.05, 0) is 44.0 Å². The van der Waals surface area contributed by atoms with E-state index < -0.39 is 10.0 Å². The van der Waals surface area contributed by atoms with Crippen LogP contribution in [0.1, 0.15) is 31.7 Å². The van der Waals surface area contributed by atoms with Crippen molar-refractivity contribution in [3.63, 3.8) is 0 Å². The number of benzene rings is 1. The van der Waals surface area contributed by atoms with E-state index in [0.29, 0.717) is 18.0 Å².